The second kappa shape index (κ2) is 4.92. The molecule has 110 valence electrons. The zero-order valence-corrected chi connectivity index (χ0v) is 11.8. The average molecular weight is 294 g/mol. The lowest BCUT2D eigenvalue weighted by atomic mass is 10.1. The summed E-state index contributed by atoms with van der Waals surface area (Å²) in [4.78, 5) is 15.6. The van der Waals surface area contributed by atoms with Crippen LogP contribution in [0.3, 0.4) is 0 Å². The Hall–Kier alpha value is -2.73. The number of azo groups is 1. The highest BCUT2D eigenvalue weighted by atomic mass is 16.3. The Kier molecular flexibility index (Phi) is 2.90. The number of benzene rings is 2. The fourth-order valence-corrected chi connectivity index (χ4v) is 2.88. The molecule has 6 heteroatoms. The number of para-hydroxylation sites is 1. The highest BCUT2D eigenvalue weighted by molar-refractivity contribution is 5.80. The van der Waals surface area contributed by atoms with Gasteiger partial charge in [-0.2, -0.15) is 5.11 Å². The van der Waals surface area contributed by atoms with Crippen molar-refractivity contribution in [3.63, 3.8) is 0 Å². The van der Waals surface area contributed by atoms with E-state index in [9.17, 15) is 4.79 Å². The number of amides is 2. The van der Waals surface area contributed by atoms with Gasteiger partial charge in [-0.25, -0.2) is 4.79 Å². The molecule has 2 amide bonds. The first-order valence-corrected chi connectivity index (χ1v) is 7.05. The molecule has 0 bridgehead atoms. The van der Waals surface area contributed by atoms with Crippen molar-refractivity contribution in [2.75, 3.05) is 11.6 Å². The Balaban J connectivity index is 1.79. The molecule has 0 aliphatic carbocycles. The van der Waals surface area contributed by atoms with Crippen molar-refractivity contribution in [3.8, 4) is 0 Å². The number of rotatable bonds is 2. The van der Waals surface area contributed by atoms with Gasteiger partial charge in [0.25, 0.3) is 0 Å². The first-order valence-electron chi connectivity index (χ1n) is 7.05. The van der Waals surface area contributed by atoms with Crippen LogP contribution >= 0.6 is 0 Å². The third-order valence-corrected chi connectivity index (χ3v) is 4.02. The second-order valence-corrected chi connectivity index (χ2v) is 5.29. The Morgan fingerprint density at radius 1 is 1.14 bits per heavy atom. The number of fused-ring (bicyclic) bond motifs is 3. The minimum absolute atomic E-state index is 0.0152. The Bertz CT molecular complexity index is 757. The SMILES string of the molecule is O=C1N=NC2c3ccccc3N(c3ccc(CO)cc3)CN12. The van der Waals surface area contributed by atoms with Crippen LogP contribution < -0.4 is 4.90 Å². The monoisotopic (exact) mass is 294 g/mol. The summed E-state index contributed by atoms with van der Waals surface area (Å²) in [6.45, 7) is 0.424. The smallest absolute Gasteiger partial charge is 0.365 e. The molecular weight excluding hydrogens is 280 g/mol. The molecule has 2 aliphatic heterocycles. The lowest BCUT2D eigenvalue weighted by Crippen LogP contribution is -2.42. The van der Waals surface area contributed by atoms with Gasteiger partial charge in [0, 0.05) is 11.3 Å². The first kappa shape index (κ1) is 13.0. The van der Waals surface area contributed by atoms with E-state index in [1.807, 2.05) is 48.5 Å². The molecule has 0 saturated heterocycles. The largest absolute Gasteiger partial charge is 0.392 e. The predicted molar refractivity (Wildman–Crippen MR) is 80.6 cm³/mol. The molecule has 0 spiro atoms. The maximum atomic E-state index is 11.9. The highest BCUT2D eigenvalue weighted by Crippen LogP contribution is 2.42. The molecule has 2 aliphatic rings. The van der Waals surface area contributed by atoms with Crippen LogP contribution in [0.1, 0.15) is 17.3 Å². The van der Waals surface area contributed by atoms with Crippen molar-refractivity contribution in [1.29, 1.82) is 0 Å². The number of aliphatic hydroxyl groups is 1. The number of aliphatic hydroxyl groups excluding tert-OH is 1. The van der Waals surface area contributed by atoms with E-state index in [-0.39, 0.29) is 18.8 Å². The number of nitrogens with zero attached hydrogens (tertiary/aromatic N) is 4. The van der Waals surface area contributed by atoms with Crippen LogP contribution in [0.2, 0.25) is 0 Å². The van der Waals surface area contributed by atoms with Gasteiger partial charge >= 0.3 is 6.03 Å². The fraction of sp³-hybridized carbons (Fsp3) is 0.188. The van der Waals surface area contributed by atoms with Crippen LogP contribution in [-0.2, 0) is 6.61 Å². The van der Waals surface area contributed by atoms with Gasteiger partial charge in [-0.3, -0.25) is 4.90 Å². The lowest BCUT2D eigenvalue weighted by Gasteiger charge is -2.38. The second-order valence-electron chi connectivity index (χ2n) is 5.29. The third-order valence-electron chi connectivity index (χ3n) is 4.02. The zero-order valence-electron chi connectivity index (χ0n) is 11.8. The van der Waals surface area contributed by atoms with Crippen LogP contribution in [0.25, 0.3) is 0 Å². The fourth-order valence-electron chi connectivity index (χ4n) is 2.88. The average Bonchev–Trinajstić information content (AvgIpc) is 2.96. The zero-order chi connectivity index (χ0) is 15.1. The molecule has 1 unspecified atom stereocenters. The topological polar surface area (TPSA) is 68.5 Å². The number of hydrogen-bond donors (Lipinski definition) is 1. The molecular formula is C16H14N4O2. The van der Waals surface area contributed by atoms with Crippen LogP contribution in [-0.4, -0.2) is 22.7 Å². The van der Waals surface area contributed by atoms with Crippen molar-refractivity contribution in [2.24, 2.45) is 10.2 Å². The Labute approximate surface area is 127 Å². The number of anilines is 2. The Morgan fingerprint density at radius 2 is 1.91 bits per heavy atom. The van der Waals surface area contributed by atoms with Crippen molar-refractivity contribution in [2.45, 2.75) is 12.8 Å². The van der Waals surface area contributed by atoms with Gasteiger partial charge in [-0.1, -0.05) is 35.4 Å². The molecule has 1 atom stereocenters. The van der Waals surface area contributed by atoms with Crippen LogP contribution in [0.15, 0.2) is 58.8 Å². The van der Waals surface area contributed by atoms with Crippen molar-refractivity contribution in [1.82, 2.24) is 4.90 Å². The summed E-state index contributed by atoms with van der Waals surface area (Å²) in [6, 6.07) is 15.2. The van der Waals surface area contributed by atoms with Gasteiger partial charge in [-0.15, -0.1) is 0 Å². The van der Waals surface area contributed by atoms with E-state index >= 15 is 0 Å². The first-order chi connectivity index (χ1) is 10.8. The summed E-state index contributed by atoms with van der Waals surface area (Å²) in [6.07, 6.45) is -0.323. The third kappa shape index (κ3) is 1.88. The van der Waals surface area contributed by atoms with Gasteiger partial charge in [0.15, 0.2) is 6.17 Å². The summed E-state index contributed by atoms with van der Waals surface area (Å²) < 4.78 is 0. The quantitative estimate of drug-likeness (QED) is 0.925. The van der Waals surface area contributed by atoms with E-state index in [4.69, 9.17) is 5.11 Å². The van der Waals surface area contributed by atoms with Crippen molar-refractivity contribution >= 4 is 17.4 Å². The van der Waals surface area contributed by atoms with Crippen LogP contribution in [0.5, 0.6) is 0 Å². The Morgan fingerprint density at radius 3 is 2.68 bits per heavy atom. The normalized spacial score (nSPS) is 19.3. The molecule has 2 aromatic rings. The summed E-state index contributed by atoms with van der Waals surface area (Å²) >= 11 is 0. The van der Waals surface area contributed by atoms with E-state index < -0.39 is 0 Å². The molecule has 0 radical (unpaired) electrons. The van der Waals surface area contributed by atoms with E-state index in [2.05, 4.69) is 15.1 Å². The highest BCUT2D eigenvalue weighted by Gasteiger charge is 2.38. The van der Waals surface area contributed by atoms with Gasteiger partial charge < -0.3 is 10.0 Å². The molecule has 2 aromatic carbocycles. The van der Waals surface area contributed by atoms with Crippen LogP contribution in [0.4, 0.5) is 16.2 Å². The molecule has 2 heterocycles. The van der Waals surface area contributed by atoms with E-state index in [1.165, 1.54) is 0 Å². The predicted octanol–water partition coefficient (Wildman–Crippen LogP) is 3.17. The minimum Gasteiger partial charge on any atom is -0.392 e. The van der Waals surface area contributed by atoms with Gasteiger partial charge in [0.05, 0.1) is 12.3 Å². The number of urea groups is 1. The lowest BCUT2D eigenvalue weighted by molar-refractivity contribution is 0.199. The molecule has 6 nitrogen and oxygen atoms in total. The van der Waals surface area contributed by atoms with E-state index in [1.54, 1.807) is 4.90 Å². The van der Waals surface area contributed by atoms with Gasteiger partial charge in [-0.05, 0) is 23.8 Å². The summed E-state index contributed by atoms with van der Waals surface area (Å²) in [5, 5.41) is 16.9. The molecule has 22 heavy (non-hydrogen) atoms. The summed E-state index contributed by atoms with van der Waals surface area (Å²) in [7, 11) is 0. The summed E-state index contributed by atoms with van der Waals surface area (Å²) in [5.74, 6) is 0. The molecule has 4 rings (SSSR count). The van der Waals surface area contributed by atoms with Crippen LogP contribution in [0, 0.1) is 0 Å². The molecule has 0 aromatic heterocycles. The molecule has 0 fully saturated rings. The number of hydrogen-bond acceptors (Lipinski definition) is 4. The number of carbonyl (C=O) groups is 1. The minimum atomic E-state index is -0.323. The molecule has 1 N–H and O–H groups in total. The standard InChI is InChI=1S/C16H14N4O2/c21-9-11-5-7-12(8-6-11)19-10-20-15(17-18-16(20)22)13-3-1-2-4-14(13)19/h1-8,15,21H,9-10H2. The van der Waals surface area contributed by atoms with Gasteiger partial charge in [0.1, 0.15) is 6.67 Å². The number of carbonyl (C=O) groups excluding carboxylic acids is 1. The van der Waals surface area contributed by atoms with Crippen molar-refractivity contribution < 1.29 is 9.90 Å². The van der Waals surface area contributed by atoms with Crippen molar-refractivity contribution in [3.05, 3.63) is 59.7 Å². The van der Waals surface area contributed by atoms with E-state index in [0.29, 0.717) is 6.67 Å². The molecule has 0 saturated carbocycles. The van der Waals surface area contributed by atoms with Gasteiger partial charge in [0.2, 0.25) is 0 Å². The maximum absolute atomic E-state index is 11.9. The van der Waals surface area contributed by atoms with E-state index in [0.717, 1.165) is 22.5 Å². The maximum Gasteiger partial charge on any atom is 0.365 e. The summed E-state index contributed by atoms with van der Waals surface area (Å²) in [5.41, 5.74) is 3.81.